The van der Waals surface area contributed by atoms with Gasteiger partial charge in [0.2, 0.25) is 0 Å². The summed E-state index contributed by atoms with van der Waals surface area (Å²) in [6.07, 6.45) is 0.0538. The second-order valence-electron chi connectivity index (χ2n) is 4.14. The lowest BCUT2D eigenvalue weighted by Gasteiger charge is -2.15. The van der Waals surface area contributed by atoms with Crippen LogP contribution in [0.25, 0.3) is 0 Å². The molecule has 0 aliphatic carbocycles. The van der Waals surface area contributed by atoms with Crippen LogP contribution in [0.3, 0.4) is 0 Å². The molecular weight excluding hydrogens is 283 g/mol. The van der Waals surface area contributed by atoms with Gasteiger partial charge in [-0.25, -0.2) is 0 Å². The molecule has 0 amide bonds. The molecule has 2 nitrogen and oxygen atoms in total. The van der Waals surface area contributed by atoms with Crippen molar-refractivity contribution in [3.05, 3.63) is 58.1 Å². The summed E-state index contributed by atoms with van der Waals surface area (Å²) in [6.45, 7) is 1.91. The molecule has 0 saturated heterocycles. The van der Waals surface area contributed by atoms with Crippen LogP contribution in [0.5, 0.6) is 11.5 Å². The first kappa shape index (κ1) is 14.2. The summed E-state index contributed by atoms with van der Waals surface area (Å²) in [6, 6.07) is 12.4. The van der Waals surface area contributed by atoms with E-state index in [0.717, 1.165) is 5.56 Å². The first-order valence-corrected chi connectivity index (χ1v) is 6.77. The summed E-state index contributed by atoms with van der Waals surface area (Å²) < 4.78 is 5.77. The first-order valence-electron chi connectivity index (χ1n) is 6.01. The van der Waals surface area contributed by atoms with Gasteiger partial charge in [-0.2, -0.15) is 0 Å². The highest BCUT2D eigenvalue weighted by Crippen LogP contribution is 2.35. The van der Waals surface area contributed by atoms with Crippen molar-refractivity contribution in [3.63, 3.8) is 0 Å². The molecular formula is C15H14Cl2O2. The maximum Gasteiger partial charge on any atom is 0.147 e. The highest BCUT2D eigenvalue weighted by molar-refractivity contribution is 6.34. The van der Waals surface area contributed by atoms with Crippen LogP contribution in [0.15, 0.2) is 42.5 Å². The van der Waals surface area contributed by atoms with Crippen molar-refractivity contribution in [2.75, 3.05) is 0 Å². The van der Waals surface area contributed by atoms with Crippen LogP contribution in [0.2, 0.25) is 10.0 Å². The minimum Gasteiger partial charge on any atom is -0.455 e. The number of halogens is 2. The molecule has 0 heterocycles. The molecule has 0 fully saturated rings. The minimum atomic E-state index is -0.561. The number of aliphatic hydroxyl groups is 1. The van der Waals surface area contributed by atoms with Crippen LogP contribution < -0.4 is 4.74 Å². The molecule has 0 bridgehead atoms. The SMILES string of the molecule is CC[C@@H](O)c1ccccc1Oc1cc(Cl)ccc1Cl. The largest absolute Gasteiger partial charge is 0.455 e. The lowest BCUT2D eigenvalue weighted by Crippen LogP contribution is -1.98. The van der Waals surface area contributed by atoms with Gasteiger partial charge < -0.3 is 9.84 Å². The third-order valence-electron chi connectivity index (χ3n) is 2.78. The van der Waals surface area contributed by atoms with E-state index in [0.29, 0.717) is 28.0 Å². The van der Waals surface area contributed by atoms with Gasteiger partial charge >= 0.3 is 0 Å². The fourth-order valence-electron chi connectivity index (χ4n) is 1.74. The highest BCUT2D eigenvalue weighted by atomic mass is 35.5. The van der Waals surface area contributed by atoms with Gasteiger partial charge in [0.25, 0.3) is 0 Å². The second-order valence-corrected chi connectivity index (χ2v) is 4.98. The zero-order valence-corrected chi connectivity index (χ0v) is 11.9. The van der Waals surface area contributed by atoms with Crippen molar-refractivity contribution < 1.29 is 9.84 Å². The lowest BCUT2D eigenvalue weighted by molar-refractivity contribution is 0.170. The normalized spacial score (nSPS) is 12.2. The topological polar surface area (TPSA) is 29.5 Å². The van der Waals surface area contributed by atoms with Crippen LogP contribution in [0, 0.1) is 0 Å². The van der Waals surface area contributed by atoms with Crippen LogP contribution in [0.1, 0.15) is 25.0 Å². The zero-order chi connectivity index (χ0) is 13.8. The second kappa shape index (κ2) is 6.29. The predicted molar refractivity (Wildman–Crippen MR) is 78.2 cm³/mol. The third kappa shape index (κ3) is 3.41. The van der Waals surface area contributed by atoms with E-state index in [9.17, 15) is 5.11 Å². The summed E-state index contributed by atoms with van der Waals surface area (Å²) in [4.78, 5) is 0. The van der Waals surface area contributed by atoms with E-state index in [1.54, 1.807) is 24.3 Å². The third-order valence-corrected chi connectivity index (χ3v) is 3.33. The number of rotatable bonds is 4. The number of hydrogen-bond donors (Lipinski definition) is 1. The summed E-state index contributed by atoms with van der Waals surface area (Å²) in [5.74, 6) is 1.06. The lowest BCUT2D eigenvalue weighted by atomic mass is 10.1. The zero-order valence-electron chi connectivity index (χ0n) is 10.4. The first-order chi connectivity index (χ1) is 9.11. The molecule has 0 saturated carbocycles. The van der Waals surface area contributed by atoms with Gasteiger partial charge in [0.05, 0.1) is 11.1 Å². The maximum absolute atomic E-state index is 9.97. The Morgan fingerprint density at radius 2 is 1.84 bits per heavy atom. The molecule has 0 unspecified atom stereocenters. The van der Waals surface area contributed by atoms with Gasteiger partial charge in [-0.3, -0.25) is 0 Å². The van der Waals surface area contributed by atoms with Crippen molar-refractivity contribution in [1.29, 1.82) is 0 Å². The van der Waals surface area contributed by atoms with Crippen molar-refractivity contribution >= 4 is 23.2 Å². The van der Waals surface area contributed by atoms with Crippen molar-refractivity contribution in [2.24, 2.45) is 0 Å². The van der Waals surface area contributed by atoms with Gasteiger partial charge in [0, 0.05) is 16.7 Å². The number of hydrogen-bond acceptors (Lipinski definition) is 2. The van der Waals surface area contributed by atoms with Gasteiger partial charge in [0.1, 0.15) is 11.5 Å². The predicted octanol–water partition coefficient (Wildman–Crippen LogP) is 5.23. The number of aliphatic hydroxyl groups excluding tert-OH is 1. The van der Waals surface area contributed by atoms with E-state index in [1.165, 1.54) is 0 Å². The van der Waals surface area contributed by atoms with Crippen LogP contribution >= 0.6 is 23.2 Å². The van der Waals surface area contributed by atoms with E-state index in [4.69, 9.17) is 27.9 Å². The monoisotopic (exact) mass is 296 g/mol. The van der Waals surface area contributed by atoms with Gasteiger partial charge in [0.15, 0.2) is 0 Å². The molecule has 2 aromatic rings. The van der Waals surface area contributed by atoms with Crippen LogP contribution in [-0.4, -0.2) is 5.11 Å². The number of para-hydroxylation sites is 1. The Hall–Kier alpha value is -1.22. The van der Waals surface area contributed by atoms with Crippen molar-refractivity contribution in [2.45, 2.75) is 19.4 Å². The van der Waals surface area contributed by atoms with Crippen LogP contribution in [0.4, 0.5) is 0 Å². The fraction of sp³-hybridized carbons (Fsp3) is 0.200. The van der Waals surface area contributed by atoms with Crippen molar-refractivity contribution in [1.82, 2.24) is 0 Å². The quantitative estimate of drug-likeness (QED) is 0.837. The molecule has 0 aromatic heterocycles. The Morgan fingerprint density at radius 1 is 1.11 bits per heavy atom. The van der Waals surface area contributed by atoms with E-state index in [-0.39, 0.29) is 0 Å². The maximum atomic E-state index is 9.97. The Labute approximate surface area is 122 Å². The average molecular weight is 297 g/mol. The molecule has 1 atom stereocenters. The molecule has 100 valence electrons. The van der Waals surface area contributed by atoms with Gasteiger partial charge in [-0.05, 0) is 24.6 Å². The molecule has 0 aliphatic heterocycles. The van der Waals surface area contributed by atoms with Crippen LogP contribution in [-0.2, 0) is 0 Å². The molecule has 2 rings (SSSR count). The van der Waals surface area contributed by atoms with Crippen molar-refractivity contribution in [3.8, 4) is 11.5 Å². The standard InChI is InChI=1S/C15H14Cl2O2/c1-2-13(18)11-5-3-4-6-14(11)19-15-9-10(16)7-8-12(15)17/h3-9,13,18H,2H2,1H3/t13-/m1/s1. The summed E-state index contributed by atoms with van der Waals surface area (Å²) >= 11 is 12.0. The summed E-state index contributed by atoms with van der Waals surface area (Å²) in [5.41, 5.74) is 0.737. The smallest absolute Gasteiger partial charge is 0.147 e. The Bertz CT molecular complexity index is 570. The minimum absolute atomic E-state index is 0.477. The Morgan fingerprint density at radius 3 is 2.58 bits per heavy atom. The Kier molecular flexibility index (Phi) is 4.70. The van der Waals surface area contributed by atoms with Gasteiger partial charge in [-0.15, -0.1) is 0 Å². The molecule has 19 heavy (non-hydrogen) atoms. The van der Waals surface area contributed by atoms with E-state index >= 15 is 0 Å². The fourth-order valence-corrected chi connectivity index (χ4v) is 2.06. The Balaban J connectivity index is 2.35. The molecule has 4 heteroatoms. The number of ether oxygens (including phenoxy) is 1. The summed E-state index contributed by atoms with van der Waals surface area (Å²) in [7, 11) is 0. The van der Waals surface area contributed by atoms with E-state index in [2.05, 4.69) is 0 Å². The number of benzene rings is 2. The average Bonchev–Trinajstić information content (AvgIpc) is 2.42. The molecule has 1 N–H and O–H groups in total. The molecule has 0 radical (unpaired) electrons. The molecule has 0 aliphatic rings. The van der Waals surface area contributed by atoms with Gasteiger partial charge in [-0.1, -0.05) is 48.3 Å². The van der Waals surface area contributed by atoms with E-state index < -0.39 is 6.10 Å². The molecule has 2 aromatic carbocycles. The summed E-state index contributed by atoms with van der Waals surface area (Å²) in [5, 5.41) is 11.0. The molecule has 0 spiro atoms. The van der Waals surface area contributed by atoms with E-state index in [1.807, 2.05) is 25.1 Å². The highest BCUT2D eigenvalue weighted by Gasteiger charge is 2.13.